The van der Waals surface area contributed by atoms with Gasteiger partial charge in [-0.25, -0.2) is 8.78 Å². The third-order valence-electron chi connectivity index (χ3n) is 5.47. The van der Waals surface area contributed by atoms with Crippen molar-refractivity contribution in [2.75, 3.05) is 7.11 Å². The van der Waals surface area contributed by atoms with Crippen LogP contribution in [-0.2, 0) is 9.53 Å². The first-order valence-electron chi connectivity index (χ1n) is 9.60. The molecule has 0 amide bonds. The summed E-state index contributed by atoms with van der Waals surface area (Å²) in [6.45, 7) is 4.03. The first-order valence-corrected chi connectivity index (χ1v) is 9.60. The van der Waals surface area contributed by atoms with Gasteiger partial charge in [0.05, 0.1) is 13.2 Å². The van der Waals surface area contributed by atoms with Gasteiger partial charge >= 0.3 is 5.97 Å². The summed E-state index contributed by atoms with van der Waals surface area (Å²) in [6, 6.07) is 7.29. The molecule has 1 fully saturated rings. The Balaban J connectivity index is 2.31. The first-order chi connectivity index (χ1) is 12.5. The smallest absolute Gasteiger partial charge is 0.315 e. The minimum Gasteiger partial charge on any atom is -0.491 e. The third kappa shape index (κ3) is 5.18. The van der Waals surface area contributed by atoms with Gasteiger partial charge in [-0.05, 0) is 49.8 Å². The van der Waals surface area contributed by atoms with Gasteiger partial charge in [0.25, 0.3) is 6.43 Å². The summed E-state index contributed by atoms with van der Waals surface area (Å²) in [6.07, 6.45) is 3.15. The van der Waals surface area contributed by atoms with Crippen molar-refractivity contribution in [1.29, 1.82) is 0 Å². The van der Waals surface area contributed by atoms with Crippen molar-refractivity contribution in [2.45, 2.75) is 70.8 Å². The minimum absolute atomic E-state index is 0.0724. The van der Waals surface area contributed by atoms with E-state index < -0.39 is 24.2 Å². The average molecular weight is 368 g/mol. The number of hydrogen-bond acceptors (Lipinski definition) is 3. The molecule has 26 heavy (non-hydrogen) atoms. The highest BCUT2D eigenvalue weighted by Crippen LogP contribution is 2.43. The second kappa shape index (κ2) is 9.89. The van der Waals surface area contributed by atoms with Crippen LogP contribution in [0.1, 0.15) is 63.9 Å². The lowest BCUT2D eigenvalue weighted by Crippen LogP contribution is -2.35. The van der Waals surface area contributed by atoms with Gasteiger partial charge in [-0.15, -0.1) is 0 Å². The highest BCUT2D eigenvalue weighted by Gasteiger charge is 2.42. The topological polar surface area (TPSA) is 35.5 Å². The molecule has 0 aliphatic heterocycles. The van der Waals surface area contributed by atoms with E-state index in [9.17, 15) is 13.6 Å². The number of hydrogen-bond donors (Lipinski definition) is 0. The molecular formula is C21H30F2O3. The molecule has 3 unspecified atom stereocenters. The summed E-state index contributed by atoms with van der Waals surface area (Å²) in [4.78, 5) is 12.1. The van der Waals surface area contributed by atoms with Gasteiger partial charge in [0.1, 0.15) is 11.7 Å². The van der Waals surface area contributed by atoms with Crippen LogP contribution in [0.25, 0.3) is 0 Å². The second-order valence-corrected chi connectivity index (χ2v) is 7.21. The van der Waals surface area contributed by atoms with Crippen molar-refractivity contribution >= 4 is 5.97 Å². The zero-order chi connectivity index (χ0) is 19.1. The fourth-order valence-corrected chi connectivity index (χ4v) is 3.89. The molecule has 0 aromatic heterocycles. The standard InChI is InChI=1S/C21H30F2O3/c1-4-14(2)26-17-12-10-16(11-13-17)18(15-8-6-5-7-9-15)19(20(22)23)21(24)25-3/h10-15,18-20H,4-9H2,1-3H3. The van der Waals surface area contributed by atoms with Crippen LogP contribution in [0.2, 0.25) is 0 Å². The summed E-state index contributed by atoms with van der Waals surface area (Å²) < 4.78 is 38.1. The van der Waals surface area contributed by atoms with E-state index in [1.807, 2.05) is 38.1 Å². The summed E-state index contributed by atoms with van der Waals surface area (Å²) in [5.74, 6) is -1.99. The number of carbonyl (C=O) groups is 1. The SMILES string of the molecule is CCC(C)Oc1ccc(C(C2CCCCC2)C(C(=O)OC)C(F)F)cc1. The van der Waals surface area contributed by atoms with E-state index in [0.717, 1.165) is 49.8 Å². The molecule has 5 heteroatoms. The lowest BCUT2D eigenvalue weighted by molar-refractivity contribution is -0.153. The lowest BCUT2D eigenvalue weighted by atomic mass is 9.71. The van der Waals surface area contributed by atoms with E-state index in [2.05, 4.69) is 0 Å². The molecule has 3 nitrogen and oxygen atoms in total. The van der Waals surface area contributed by atoms with E-state index in [1.165, 1.54) is 7.11 Å². The number of carbonyl (C=O) groups excluding carboxylic acids is 1. The monoisotopic (exact) mass is 368 g/mol. The van der Waals surface area contributed by atoms with Crippen molar-refractivity contribution in [2.24, 2.45) is 11.8 Å². The van der Waals surface area contributed by atoms with Gasteiger partial charge in [0.2, 0.25) is 0 Å². The quantitative estimate of drug-likeness (QED) is 0.562. The van der Waals surface area contributed by atoms with Crippen molar-refractivity contribution in [1.82, 2.24) is 0 Å². The molecule has 0 spiro atoms. The number of halogens is 2. The number of benzene rings is 1. The van der Waals surface area contributed by atoms with E-state index in [1.54, 1.807) is 0 Å². The Labute approximate surface area is 155 Å². The Morgan fingerprint density at radius 3 is 2.27 bits per heavy atom. The third-order valence-corrected chi connectivity index (χ3v) is 5.47. The van der Waals surface area contributed by atoms with Crippen LogP contribution in [-0.4, -0.2) is 25.6 Å². The van der Waals surface area contributed by atoms with Gasteiger partial charge in [-0.2, -0.15) is 0 Å². The predicted octanol–water partition coefficient (Wildman–Crippen LogP) is 5.58. The summed E-state index contributed by atoms with van der Waals surface area (Å²) in [5, 5.41) is 0. The number of rotatable bonds is 8. The molecule has 0 heterocycles. The van der Waals surface area contributed by atoms with Crippen molar-refractivity contribution in [3.63, 3.8) is 0 Å². The zero-order valence-electron chi connectivity index (χ0n) is 15.9. The molecule has 1 aliphatic rings. The Morgan fingerprint density at radius 1 is 1.15 bits per heavy atom. The van der Waals surface area contributed by atoms with Crippen LogP contribution < -0.4 is 4.74 Å². The highest BCUT2D eigenvalue weighted by atomic mass is 19.3. The molecular weight excluding hydrogens is 338 g/mol. The fourth-order valence-electron chi connectivity index (χ4n) is 3.89. The molecule has 1 aromatic rings. The van der Waals surface area contributed by atoms with Crippen LogP contribution >= 0.6 is 0 Å². The molecule has 0 bridgehead atoms. The van der Waals surface area contributed by atoms with Crippen molar-refractivity contribution < 1.29 is 23.0 Å². The Hall–Kier alpha value is -1.65. The van der Waals surface area contributed by atoms with E-state index in [4.69, 9.17) is 9.47 Å². The number of ether oxygens (including phenoxy) is 2. The number of methoxy groups -OCH3 is 1. The van der Waals surface area contributed by atoms with E-state index >= 15 is 0 Å². The minimum atomic E-state index is -2.74. The first kappa shape index (κ1) is 20.7. The molecule has 1 aromatic carbocycles. The largest absolute Gasteiger partial charge is 0.491 e. The van der Waals surface area contributed by atoms with Gasteiger partial charge in [0, 0.05) is 5.92 Å². The second-order valence-electron chi connectivity index (χ2n) is 7.21. The lowest BCUT2D eigenvalue weighted by Gasteiger charge is -2.34. The molecule has 3 atom stereocenters. The van der Waals surface area contributed by atoms with E-state index in [0.29, 0.717) is 0 Å². The van der Waals surface area contributed by atoms with E-state index in [-0.39, 0.29) is 12.0 Å². The number of alkyl halides is 2. The summed E-state index contributed by atoms with van der Waals surface area (Å²) >= 11 is 0. The van der Waals surface area contributed by atoms with Crippen LogP contribution in [0.4, 0.5) is 8.78 Å². The Morgan fingerprint density at radius 2 is 1.77 bits per heavy atom. The fraction of sp³-hybridized carbons (Fsp3) is 0.667. The van der Waals surface area contributed by atoms with Gasteiger partial charge < -0.3 is 9.47 Å². The maximum Gasteiger partial charge on any atom is 0.315 e. The Kier molecular flexibility index (Phi) is 7.85. The van der Waals surface area contributed by atoms with Crippen LogP contribution in [0.3, 0.4) is 0 Å². The number of esters is 1. The predicted molar refractivity (Wildman–Crippen MR) is 97.6 cm³/mol. The molecule has 0 saturated heterocycles. The Bertz CT molecular complexity index is 553. The molecule has 2 rings (SSSR count). The molecule has 146 valence electrons. The highest BCUT2D eigenvalue weighted by molar-refractivity contribution is 5.74. The molecule has 0 radical (unpaired) electrons. The van der Waals surface area contributed by atoms with Crippen LogP contribution in [0.5, 0.6) is 5.75 Å². The van der Waals surface area contributed by atoms with Crippen LogP contribution in [0.15, 0.2) is 24.3 Å². The van der Waals surface area contributed by atoms with Crippen molar-refractivity contribution in [3.05, 3.63) is 29.8 Å². The molecule has 0 N–H and O–H groups in total. The van der Waals surface area contributed by atoms with Gasteiger partial charge in [-0.3, -0.25) is 4.79 Å². The summed E-state index contributed by atoms with van der Waals surface area (Å²) in [5.41, 5.74) is 0.768. The average Bonchev–Trinajstić information content (AvgIpc) is 2.66. The van der Waals surface area contributed by atoms with Crippen LogP contribution in [0, 0.1) is 11.8 Å². The van der Waals surface area contributed by atoms with Gasteiger partial charge in [0.15, 0.2) is 0 Å². The maximum atomic E-state index is 13.8. The normalized spacial score (nSPS) is 19.0. The molecule has 1 saturated carbocycles. The van der Waals surface area contributed by atoms with Crippen molar-refractivity contribution in [3.8, 4) is 5.75 Å². The zero-order valence-corrected chi connectivity index (χ0v) is 15.9. The maximum absolute atomic E-state index is 13.8. The molecule has 1 aliphatic carbocycles. The summed E-state index contributed by atoms with van der Waals surface area (Å²) in [7, 11) is 1.18. The van der Waals surface area contributed by atoms with Gasteiger partial charge in [-0.1, -0.05) is 38.3 Å².